The van der Waals surface area contributed by atoms with E-state index in [0.29, 0.717) is 36.9 Å². The first kappa shape index (κ1) is 29.9. The number of benzene rings is 3. The van der Waals surface area contributed by atoms with Crippen LogP contribution in [-0.4, -0.2) is 80.5 Å². The summed E-state index contributed by atoms with van der Waals surface area (Å²) in [6.45, 7) is 1.71. The second kappa shape index (κ2) is 13.1. The maximum atomic E-state index is 13.6. The molecule has 222 valence electrons. The van der Waals surface area contributed by atoms with Crippen LogP contribution in [0.1, 0.15) is 41.1 Å². The molecule has 2 fully saturated rings. The zero-order chi connectivity index (χ0) is 29.7. The van der Waals surface area contributed by atoms with Gasteiger partial charge >= 0.3 is 0 Å². The van der Waals surface area contributed by atoms with Crippen molar-refractivity contribution < 1.29 is 22.4 Å². The molecule has 0 aromatic heterocycles. The highest BCUT2D eigenvalue weighted by molar-refractivity contribution is 7.88. The molecule has 2 N–H and O–H groups in total. The first-order valence-corrected chi connectivity index (χ1v) is 16.2. The number of sulfonamides is 1. The lowest BCUT2D eigenvalue weighted by atomic mass is 10.0. The zero-order valence-corrected chi connectivity index (χ0v) is 24.5. The normalized spacial score (nSPS) is 19.7. The van der Waals surface area contributed by atoms with Gasteiger partial charge in [0.05, 0.1) is 6.26 Å². The highest BCUT2D eigenvalue weighted by atomic mass is 32.2. The van der Waals surface area contributed by atoms with Crippen molar-refractivity contribution in [1.82, 2.24) is 19.8 Å². The van der Waals surface area contributed by atoms with E-state index in [4.69, 9.17) is 0 Å². The fraction of sp³-hybridized carbons (Fsp3) is 0.375. The third kappa shape index (κ3) is 7.61. The number of nitrogens with zero attached hydrogens (tertiary/aromatic N) is 2. The number of hydrogen-bond acceptors (Lipinski definition) is 5. The molecule has 3 atom stereocenters. The summed E-state index contributed by atoms with van der Waals surface area (Å²) in [5, 5.41) is 6.47. The Kier molecular flexibility index (Phi) is 9.35. The van der Waals surface area contributed by atoms with Crippen molar-refractivity contribution in [3.63, 3.8) is 0 Å². The van der Waals surface area contributed by atoms with Crippen molar-refractivity contribution in [3.8, 4) is 11.1 Å². The van der Waals surface area contributed by atoms with Gasteiger partial charge in [-0.25, -0.2) is 12.8 Å². The average Bonchev–Trinajstić information content (AvgIpc) is 3.78. The molecule has 3 aromatic carbocycles. The quantitative estimate of drug-likeness (QED) is 0.332. The zero-order valence-electron chi connectivity index (χ0n) is 23.7. The molecule has 42 heavy (non-hydrogen) atoms. The number of piperazine rings is 1. The minimum absolute atomic E-state index is 0.201. The minimum atomic E-state index is -3.32. The van der Waals surface area contributed by atoms with Gasteiger partial charge < -0.3 is 15.5 Å². The summed E-state index contributed by atoms with van der Waals surface area (Å²) in [6, 6.07) is 23.4. The summed E-state index contributed by atoms with van der Waals surface area (Å²) in [5.74, 6) is -0.415. The van der Waals surface area contributed by atoms with Gasteiger partial charge in [0.1, 0.15) is 11.9 Å². The molecule has 5 rings (SSSR count). The fourth-order valence-corrected chi connectivity index (χ4v) is 6.32. The number of nitrogens with one attached hydrogen (secondary N) is 2. The number of carbonyl (C=O) groups is 2. The molecule has 1 saturated carbocycles. The second-order valence-electron chi connectivity index (χ2n) is 11.1. The summed E-state index contributed by atoms with van der Waals surface area (Å²) >= 11 is 0. The second-order valence-corrected chi connectivity index (χ2v) is 13.0. The molecular formula is C32H37FN4O4S. The van der Waals surface area contributed by atoms with Gasteiger partial charge in [0.2, 0.25) is 15.9 Å². The van der Waals surface area contributed by atoms with Crippen molar-refractivity contribution in [2.45, 2.75) is 37.3 Å². The monoisotopic (exact) mass is 592 g/mol. The van der Waals surface area contributed by atoms with E-state index in [0.717, 1.165) is 23.1 Å². The summed E-state index contributed by atoms with van der Waals surface area (Å²) < 4.78 is 38.5. The van der Waals surface area contributed by atoms with E-state index in [-0.39, 0.29) is 43.8 Å². The Morgan fingerprint density at radius 2 is 1.55 bits per heavy atom. The molecule has 2 aliphatic rings. The van der Waals surface area contributed by atoms with Gasteiger partial charge in [-0.2, -0.15) is 4.31 Å². The van der Waals surface area contributed by atoms with Crippen molar-refractivity contribution >= 4 is 21.8 Å². The molecule has 0 spiro atoms. The van der Waals surface area contributed by atoms with Crippen LogP contribution in [-0.2, 0) is 14.8 Å². The van der Waals surface area contributed by atoms with Crippen molar-refractivity contribution in [1.29, 1.82) is 0 Å². The molecule has 8 nitrogen and oxygen atoms in total. The lowest BCUT2D eigenvalue weighted by molar-refractivity contribution is -0.134. The summed E-state index contributed by atoms with van der Waals surface area (Å²) in [5.41, 5.74) is 3.62. The van der Waals surface area contributed by atoms with E-state index in [1.807, 2.05) is 54.6 Å². The smallest absolute Gasteiger partial charge is 0.251 e. The van der Waals surface area contributed by atoms with Crippen LogP contribution in [0.4, 0.5) is 4.39 Å². The lowest BCUT2D eigenvalue weighted by Crippen LogP contribution is -2.55. The Morgan fingerprint density at radius 3 is 2.19 bits per heavy atom. The summed E-state index contributed by atoms with van der Waals surface area (Å²) in [7, 11) is -3.32. The number of carbonyl (C=O) groups excluding carboxylic acids is 2. The van der Waals surface area contributed by atoms with Gasteiger partial charge in [-0.15, -0.1) is 0 Å². The Hall–Kier alpha value is -3.60. The van der Waals surface area contributed by atoms with Crippen LogP contribution >= 0.6 is 0 Å². The standard InChI is InChI=1S/C32H37FN4O4S/c1-42(40,41)37-20-18-36(19-21-37)32(39)29(8-5-17-34-30-22-28(30)25-13-15-27(33)16-14-25)35-31(38)26-11-9-24(10-12-26)23-6-3-2-4-7-23/h2-4,6-7,9-16,28-30,34H,5,8,17-22H2,1H3,(H,35,38)/t28-,29-,30+/m0/s1. The third-order valence-electron chi connectivity index (χ3n) is 8.04. The van der Waals surface area contributed by atoms with Crippen molar-refractivity contribution in [3.05, 3.63) is 95.8 Å². The van der Waals surface area contributed by atoms with Crippen LogP contribution < -0.4 is 10.6 Å². The highest BCUT2D eigenvalue weighted by Crippen LogP contribution is 2.40. The summed E-state index contributed by atoms with van der Waals surface area (Å²) in [4.78, 5) is 28.4. The summed E-state index contributed by atoms with van der Waals surface area (Å²) in [6.07, 6.45) is 3.26. The number of halogens is 1. The van der Waals surface area contributed by atoms with E-state index < -0.39 is 16.1 Å². The van der Waals surface area contributed by atoms with Crippen LogP contribution in [0, 0.1) is 5.82 Å². The maximum absolute atomic E-state index is 13.6. The topological polar surface area (TPSA) is 98.8 Å². The molecule has 1 aliphatic heterocycles. The minimum Gasteiger partial charge on any atom is -0.340 e. The Bertz CT molecular complexity index is 1480. The molecule has 0 bridgehead atoms. The first-order valence-electron chi connectivity index (χ1n) is 14.4. The lowest BCUT2D eigenvalue weighted by Gasteiger charge is -2.35. The van der Waals surface area contributed by atoms with Gasteiger partial charge in [0.15, 0.2) is 0 Å². The van der Waals surface area contributed by atoms with Crippen LogP contribution in [0.3, 0.4) is 0 Å². The van der Waals surface area contributed by atoms with Gasteiger partial charge in [0, 0.05) is 43.7 Å². The molecule has 1 aliphatic carbocycles. The SMILES string of the molecule is CS(=O)(=O)N1CCN(C(=O)[C@H](CCCN[C@@H]2C[C@H]2c2ccc(F)cc2)NC(=O)c2ccc(-c3ccccc3)cc2)CC1. The average molecular weight is 593 g/mol. The van der Waals surface area contributed by atoms with Crippen LogP contribution in [0.25, 0.3) is 11.1 Å². The van der Waals surface area contributed by atoms with Crippen LogP contribution in [0.15, 0.2) is 78.9 Å². The fourth-order valence-electron chi connectivity index (χ4n) is 5.50. The number of amides is 2. The number of rotatable bonds is 11. The number of hydrogen-bond donors (Lipinski definition) is 2. The van der Waals surface area contributed by atoms with Crippen LogP contribution in [0.5, 0.6) is 0 Å². The molecule has 0 radical (unpaired) electrons. The van der Waals surface area contributed by atoms with Gasteiger partial charge in [-0.3, -0.25) is 9.59 Å². The molecule has 0 unspecified atom stereocenters. The Morgan fingerprint density at radius 1 is 0.905 bits per heavy atom. The van der Waals surface area contributed by atoms with Crippen LogP contribution in [0.2, 0.25) is 0 Å². The van der Waals surface area contributed by atoms with E-state index in [2.05, 4.69) is 10.6 Å². The van der Waals surface area contributed by atoms with Gasteiger partial charge in [0.25, 0.3) is 5.91 Å². The molecule has 3 aromatic rings. The molecule has 1 saturated heterocycles. The molecule has 10 heteroatoms. The predicted molar refractivity (Wildman–Crippen MR) is 161 cm³/mol. The van der Waals surface area contributed by atoms with Gasteiger partial charge in [-0.1, -0.05) is 54.6 Å². The van der Waals surface area contributed by atoms with E-state index in [9.17, 15) is 22.4 Å². The van der Waals surface area contributed by atoms with E-state index in [1.54, 1.807) is 17.0 Å². The Labute approximate surface area is 247 Å². The Balaban J connectivity index is 1.19. The van der Waals surface area contributed by atoms with Crippen molar-refractivity contribution in [2.75, 3.05) is 39.0 Å². The third-order valence-corrected chi connectivity index (χ3v) is 9.34. The molecule has 1 heterocycles. The highest BCUT2D eigenvalue weighted by Gasteiger charge is 2.38. The molecular weight excluding hydrogens is 555 g/mol. The van der Waals surface area contributed by atoms with Crippen molar-refractivity contribution in [2.24, 2.45) is 0 Å². The largest absolute Gasteiger partial charge is 0.340 e. The first-order chi connectivity index (χ1) is 20.2. The van der Waals surface area contributed by atoms with E-state index >= 15 is 0 Å². The predicted octanol–water partition coefficient (Wildman–Crippen LogP) is 3.62. The van der Waals surface area contributed by atoms with E-state index in [1.165, 1.54) is 22.7 Å². The van der Waals surface area contributed by atoms with Gasteiger partial charge in [-0.05, 0) is 66.8 Å². The maximum Gasteiger partial charge on any atom is 0.251 e. The molecule has 2 amide bonds.